The van der Waals surface area contributed by atoms with Gasteiger partial charge in [0.15, 0.2) is 12.0 Å². The number of aldehydes is 1. The Labute approximate surface area is 92.5 Å². The summed E-state index contributed by atoms with van der Waals surface area (Å²) < 4.78 is 27.9. The Balaban J connectivity index is 2.53. The maximum atomic E-state index is 11.3. The SMILES string of the molecule is NS(=O)(=O)c1cncc(C=O)c1OC1CC1. The standard InChI is InChI=1S/C9H10N2O4S/c10-16(13,14)8-4-11-3-6(5-12)9(8)15-7-1-2-7/h3-5,7H,1-2H2,(H2,10,13,14). The van der Waals surface area contributed by atoms with Gasteiger partial charge in [0.2, 0.25) is 10.0 Å². The minimum Gasteiger partial charge on any atom is -0.488 e. The number of hydrogen-bond acceptors (Lipinski definition) is 5. The predicted molar refractivity (Wildman–Crippen MR) is 54.6 cm³/mol. The summed E-state index contributed by atoms with van der Waals surface area (Å²) in [6, 6.07) is 0. The highest BCUT2D eigenvalue weighted by atomic mass is 32.2. The van der Waals surface area contributed by atoms with E-state index in [-0.39, 0.29) is 22.3 Å². The van der Waals surface area contributed by atoms with Gasteiger partial charge in [-0.15, -0.1) is 0 Å². The normalized spacial score (nSPS) is 15.8. The van der Waals surface area contributed by atoms with E-state index >= 15 is 0 Å². The van der Waals surface area contributed by atoms with Gasteiger partial charge >= 0.3 is 0 Å². The Morgan fingerprint density at radius 2 is 2.12 bits per heavy atom. The van der Waals surface area contributed by atoms with E-state index in [4.69, 9.17) is 9.88 Å². The topological polar surface area (TPSA) is 99.4 Å². The van der Waals surface area contributed by atoms with E-state index in [0.717, 1.165) is 19.0 Å². The van der Waals surface area contributed by atoms with Crippen LogP contribution in [0.3, 0.4) is 0 Å². The molecule has 0 atom stereocenters. The van der Waals surface area contributed by atoms with Crippen molar-refractivity contribution in [1.29, 1.82) is 0 Å². The van der Waals surface area contributed by atoms with Crippen LogP contribution in [-0.4, -0.2) is 25.8 Å². The molecule has 0 aliphatic heterocycles. The lowest BCUT2D eigenvalue weighted by atomic mass is 10.3. The highest BCUT2D eigenvalue weighted by molar-refractivity contribution is 7.89. The number of sulfonamides is 1. The summed E-state index contributed by atoms with van der Waals surface area (Å²) in [4.78, 5) is 14.1. The lowest BCUT2D eigenvalue weighted by Crippen LogP contribution is -2.16. The van der Waals surface area contributed by atoms with Crippen molar-refractivity contribution < 1.29 is 17.9 Å². The molecule has 1 aromatic heterocycles. The first-order valence-corrected chi connectivity index (χ1v) is 6.19. The third-order valence-electron chi connectivity index (χ3n) is 2.13. The average molecular weight is 242 g/mol. The number of nitrogens with zero attached hydrogens (tertiary/aromatic N) is 1. The number of primary sulfonamides is 1. The molecule has 1 aliphatic carbocycles. The zero-order chi connectivity index (χ0) is 11.8. The van der Waals surface area contributed by atoms with Gasteiger partial charge < -0.3 is 4.74 Å². The Morgan fingerprint density at radius 1 is 1.44 bits per heavy atom. The molecular weight excluding hydrogens is 232 g/mol. The highest BCUT2D eigenvalue weighted by Crippen LogP contribution is 2.32. The van der Waals surface area contributed by atoms with Gasteiger partial charge in [0.25, 0.3) is 0 Å². The molecule has 0 radical (unpaired) electrons. The minimum absolute atomic E-state index is 0.00926. The molecule has 1 fully saturated rings. The van der Waals surface area contributed by atoms with Crippen molar-refractivity contribution >= 4 is 16.3 Å². The first kappa shape index (κ1) is 11.0. The van der Waals surface area contributed by atoms with Crippen molar-refractivity contribution in [2.45, 2.75) is 23.8 Å². The molecule has 0 aromatic carbocycles. The van der Waals surface area contributed by atoms with Gasteiger partial charge in [-0.2, -0.15) is 0 Å². The maximum absolute atomic E-state index is 11.3. The molecule has 1 saturated carbocycles. The minimum atomic E-state index is -3.93. The molecule has 2 rings (SSSR count). The van der Waals surface area contributed by atoms with E-state index in [0.29, 0.717) is 6.29 Å². The Morgan fingerprint density at radius 3 is 2.62 bits per heavy atom. The van der Waals surface area contributed by atoms with Crippen LogP contribution in [0.1, 0.15) is 23.2 Å². The number of rotatable bonds is 4. The summed E-state index contributed by atoms with van der Waals surface area (Å²) in [6.45, 7) is 0. The zero-order valence-electron chi connectivity index (χ0n) is 8.29. The fourth-order valence-corrected chi connectivity index (χ4v) is 1.84. The third kappa shape index (κ3) is 2.20. The monoisotopic (exact) mass is 242 g/mol. The van der Waals surface area contributed by atoms with E-state index in [2.05, 4.69) is 4.98 Å². The molecule has 0 spiro atoms. The smallest absolute Gasteiger partial charge is 0.243 e. The number of carbonyl (C=O) groups excluding carboxylic acids is 1. The molecule has 6 nitrogen and oxygen atoms in total. The van der Waals surface area contributed by atoms with E-state index in [9.17, 15) is 13.2 Å². The number of carbonyl (C=O) groups is 1. The summed E-state index contributed by atoms with van der Waals surface area (Å²) in [7, 11) is -3.93. The number of hydrogen-bond donors (Lipinski definition) is 1. The van der Waals surface area contributed by atoms with Crippen molar-refractivity contribution in [3.8, 4) is 5.75 Å². The van der Waals surface area contributed by atoms with Crippen LogP contribution < -0.4 is 9.88 Å². The molecule has 1 aliphatic rings. The summed E-state index contributed by atoms with van der Waals surface area (Å²) >= 11 is 0. The largest absolute Gasteiger partial charge is 0.488 e. The molecule has 0 unspecified atom stereocenters. The first-order chi connectivity index (χ1) is 7.52. The fourth-order valence-electron chi connectivity index (χ4n) is 1.21. The summed E-state index contributed by atoms with van der Waals surface area (Å²) in [5.41, 5.74) is 0.0958. The molecule has 0 bridgehead atoms. The van der Waals surface area contributed by atoms with Crippen molar-refractivity contribution in [1.82, 2.24) is 4.98 Å². The van der Waals surface area contributed by atoms with Gasteiger partial charge in [-0.1, -0.05) is 0 Å². The van der Waals surface area contributed by atoms with Crippen LogP contribution in [0.15, 0.2) is 17.3 Å². The second-order valence-electron chi connectivity index (χ2n) is 3.54. The van der Waals surface area contributed by atoms with Gasteiger partial charge in [-0.3, -0.25) is 9.78 Å². The number of ether oxygens (including phenoxy) is 1. The number of aromatic nitrogens is 1. The molecule has 2 N–H and O–H groups in total. The molecule has 0 saturated heterocycles. The van der Waals surface area contributed by atoms with Crippen LogP contribution in [-0.2, 0) is 10.0 Å². The quantitative estimate of drug-likeness (QED) is 0.754. The first-order valence-electron chi connectivity index (χ1n) is 4.65. The second-order valence-corrected chi connectivity index (χ2v) is 5.07. The Hall–Kier alpha value is -1.47. The predicted octanol–water partition coefficient (Wildman–Crippen LogP) is 0.0827. The van der Waals surface area contributed by atoms with Crippen LogP contribution in [0.4, 0.5) is 0 Å². The van der Waals surface area contributed by atoms with E-state index in [1.807, 2.05) is 0 Å². The van der Waals surface area contributed by atoms with Gasteiger partial charge in [0.05, 0.1) is 17.9 Å². The highest BCUT2D eigenvalue weighted by Gasteiger charge is 2.28. The van der Waals surface area contributed by atoms with Crippen molar-refractivity contribution in [3.63, 3.8) is 0 Å². The third-order valence-corrected chi connectivity index (χ3v) is 3.04. The van der Waals surface area contributed by atoms with Crippen LogP contribution in [0.25, 0.3) is 0 Å². The summed E-state index contributed by atoms with van der Waals surface area (Å²) in [5, 5.41) is 5.01. The average Bonchev–Trinajstić information content (AvgIpc) is 3.00. The molecule has 16 heavy (non-hydrogen) atoms. The zero-order valence-corrected chi connectivity index (χ0v) is 9.11. The Bertz CT molecular complexity index is 522. The number of nitrogens with two attached hydrogens (primary N) is 1. The summed E-state index contributed by atoms with van der Waals surface area (Å²) in [6.07, 6.45) is 4.51. The van der Waals surface area contributed by atoms with Crippen molar-refractivity contribution in [2.24, 2.45) is 5.14 Å². The van der Waals surface area contributed by atoms with Gasteiger partial charge in [0.1, 0.15) is 4.90 Å². The molecule has 7 heteroatoms. The van der Waals surface area contributed by atoms with E-state index in [1.165, 1.54) is 6.20 Å². The lowest BCUT2D eigenvalue weighted by Gasteiger charge is -2.10. The summed E-state index contributed by atoms with van der Waals surface area (Å²) in [5.74, 6) is 0.00926. The van der Waals surface area contributed by atoms with E-state index < -0.39 is 10.0 Å². The van der Waals surface area contributed by atoms with Crippen molar-refractivity contribution in [3.05, 3.63) is 18.0 Å². The van der Waals surface area contributed by atoms with E-state index in [1.54, 1.807) is 0 Å². The maximum Gasteiger partial charge on any atom is 0.243 e. The van der Waals surface area contributed by atoms with Crippen LogP contribution in [0, 0.1) is 0 Å². The lowest BCUT2D eigenvalue weighted by molar-refractivity contribution is 0.111. The van der Waals surface area contributed by atoms with Crippen LogP contribution >= 0.6 is 0 Å². The fraction of sp³-hybridized carbons (Fsp3) is 0.333. The molecule has 1 heterocycles. The van der Waals surface area contributed by atoms with Crippen LogP contribution in [0.2, 0.25) is 0 Å². The van der Waals surface area contributed by atoms with Gasteiger partial charge in [0, 0.05) is 6.20 Å². The molecule has 1 aromatic rings. The molecular formula is C9H10N2O4S. The Kier molecular flexibility index (Phi) is 2.64. The van der Waals surface area contributed by atoms with Crippen molar-refractivity contribution in [2.75, 3.05) is 0 Å². The van der Waals surface area contributed by atoms with Gasteiger partial charge in [-0.25, -0.2) is 13.6 Å². The van der Waals surface area contributed by atoms with Crippen LogP contribution in [0.5, 0.6) is 5.75 Å². The number of pyridine rings is 1. The van der Waals surface area contributed by atoms with Gasteiger partial charge in [-0.05, 0) is 12.8 Å². The molecule has 0 amide bonds. The molecule has 86 valence electrons. The second kappa shape index (κ2) is 3.84.